The summed E-state index contributed by atoms with van der Waals surface area (Å²) < 4.78 is 27.8. The molecule has 0 spiro atoms. The molecular weight excluding hydrogens is 278 g/mol. The lowest BCUT2D eigenvalue weighted by molar-refractivity contribution is 0.118. The minimum absolute atomic E-state index is 0.0735. The first kappa shape index (κ1) is 16.4. The minimum atomic E-state index is -3.79. The summed E-state index contributed by atoms with van der Waals surface area (Å²) in [6.45, 7) is 5.85. The molecule has 0 aromatic heterocycles. The van der Waals surface area contributed by atoms with Crippen molar-refractivity contribution >= 4 is 15.7 Å². The number of sulfonamides is 1. The van der Waals surface area contributed by atoms with Crippen molar-refractivity contribution in [3.8, 4) is 6.07 Å². The summed E-state index contributed by atoms with van der Waals surface area (Å²) in [6, 6.07) is 6.10. The van der Waals surface area contributed by atoms with Crippen LogP contribution in [-0.4, -0.2) is 28.2 Å². The highest BCUT2D eigenvalue weighted by molar-refractivity contribution is 7.89. The SMILES string of the molecule is CC(C)COCCNc1ccc(S(N)(=O)=O)cc1C#N. The van der Waals surface area contributed by atoms with Crippen LogP contribution in [0.3, 0.4) is 0 Å². The topological polar surface area (TPSA) is 105 Å². The van der Waals surface area contributed by atoms with E-state index in [1.54, 1.807) is 0 Å². The van der Waals surface area contributed by atoms with E-state index in [4.69, 9.17) is 15.1 Å². The fourth-order valence-electron chi connectivity index (χ4n) is 1.52. The Morgan fingerprint density at radius 1 is 1.45 bits per heavy atom. The average Bonchev–Trinajstić information content (AvgIpc) is 2.36. The van der Waals surface area contributed by atoms with Crippen LogP contribution < -0.4 is 10.5 Å². The molecule has 0 bridgehead atoms. The van der Waals surface area contributed by atoms with E-state index in [2.05, 4.69) is 19.2 Å². The first-order valence-corrected chi connectivity index (χ1v) is 7.77. The number of rotatable bonds is 7. The highest BCUT2D eigenvalue weighted by Crippen LogP contribution is 2.18. The molecule has 1 aromatic carbocycles. The summed E-state index contributed by atoms with van der Waals surface area (Å²) in [5.74, 6) is 0.471. The molecule has 0 amide bonds. The van der Waals surface area contributed by atoms with Gasteiger partial charge in [0, 0.05) is 13.2 Å². The summed E-state index contributed by atoms with van der Waals surface area (Å²) in [4.78, 5) is -0.0735. The summed E-state index contributed by atoms with van der Waals surface area (Å²) in [6.07, 6.45) is 0. The molecule has 0 atom stereocenters. The molecule has 3 N–H and O–H groups in total. The maximum Gasteiger partial charge on any atom is 0.238 e. The second kappa shape index (κ2) is 7.24. The Morgan fingerprint density at radius 2 is 2.15 bits per heavy atom. The van der Waals surface area contributed by atoms with Gasteiger partial charge in [0.05, 0.1) is 22.8 Å². The number of anilines is 1. The largest absolute Gasteiger partial charge is 0.382 e. The van der Waals surface area contributed by atoms with Crippen molar-refractivity contribution in [1.82, 2.24) is 0 Å². The predicted molar refractivity (Wildman–Crippen MR) is 76.7 cm³/mol. The maximum atomic E-state index is 11.2. The molecule has 0 radical (unpaired) electrons. The number of benzene rings is 1. The van der Waals surface area contributed by atoms with Crippen LogP contribution in [0.25, 0.3) is 0 Å². The molecule has 0 aliphatic rings. The monoisotopic (exact) mass is 297 g/mol. The molecule has 6 nitrogen and oxygen atoms in total. The van der Waals surface area contributed by atoms with E-state index >= 15 is 0 Å². The fraction of sp³-hybridized carbons (Fsp3) is 0.462. The van der Waals surface area contributed by atoms with Gasteiger partial charge in [0.15, 0.2) is 0 Å². The Bertz CT molecular complexity index is 591. The van der Waals surface area contributed by atoms with Gasteiger partial charge in [-0.25, -0.2) is 13.6 Å². The molecule has 0 heterocycles. The molecule has 0 aliphatic carbocycles. The van der Waals surface area contributed by atoms with Gasteiger partial charge in [-0.3, -0.25) is 0 Å². The summed E-state index contributed by atoms with van der Waals surface area (Å²) >= 11 is 0. The Hall–Kier alpha value is -1.62. The van der Waals surface area contributed by atoms with Gasteiger partial charge in [-0.1, -0.05) is 13.8 Å². The van der Waals surface area contributed by atoms with E-state index in [0.29, 0.717) is 31.4 Å². The van der Waals surface area contributed by atoms with Crippen LogP contribution in [0, 0.1) is 17.2 Å². The van der Waals surface area contributed by atoms with Gasteiger partial charge in [0.1, 0.15) is 6.07 Å². The van der Waals surface area contributed by atoms with Crippen LogP contribution >= 0.6 is 0 Å². The molecule has 1 rings (SSSR count). The Morgan fingerprint density at radius 3 is 2.70 bits per heavy atom. The highest BCUT2D eigenvalue weighted by Gasteiger charge is 2.11. The molecule has 0 unspecified atom stereocenters. The third-order valence-electron chi connectivity index (χ3n) is 2.45. The predicted octanol–water partition coefficient (Wildman–Crippen LogP) is 1.29. The lowest BCUT2D eigenvalue weighted by Crippen LogP contribution is -2.14. The number of ether oxygens (including phenoxy) is 1. The third-order valence-corrected chi connectivity index (χ3v) is 3.36. The van der Waals surface area contributed by atoms with Crippen molar-refractivity contribution in [2.24, 2.45) is 11.1 Å². The Labute approximate surface area is 119 Å². The zero-order chi connectivity index (χ0) is 15.2. The van der Waals surface area contributed by atoms with Crippen LogP contribution in [0.5, 0.6) is 0 Å². The van der Waals surface area contributed by atoms with Crippen molar-refractivity contribution in [2.75, 3.05) is 25.1 Å². The zero-order valence-corrected chi connectivity index (χ0v) is 12.4. The minimum Gasteiger partial charge on any atom is -0.382 e. The number of nitrogens with two attached hydrogens (primary N) is 1. The van der Waals surface area contributed by atoms with E-state index in [0.717, 1.165) is 0 Å². The van der Waals surface area contributed by atoms with Crippen molar-refractivity contribution in [1.29, 1.82) is 5.26 Å². The fourth-order valence-corrected chi connectivity index (χ4v) is 2.06. The highest BCUT2D eigenvalue weighted by atomic mass is 32.2. The smallest absolute Gasteiger partial charge is 0.238 e. The number of hydrogen-bond acceptors (Lipinski definition) is 5. The second-order valence-electron chi connectivity index (χ2n) is 4.76. The number of hydrogen-bond donors (Lipinski definition) is 2. The molecule has 0 saturated carbocycles. The Balaban J connectivity index is 2.66. The maximum absolute atomic E-state index is 11.2. The molecule has 0 saturated heterocycles. The Kier molecular flexibility index (Phi) is 5.95. The number of nitrogens with zero attached hydrogens (tertiary/aromatic N) is 1. The van der Waals surface area contributed by atoms with Gasteiger partial charge < -0.3 is 10.1 Å². The van der Waals surface area contributed by atoms with Crippen molar-refractivity contribution in [3.05, 3.63) is 23.8 Å². The molecular formula is C13H19N3O3S. The molecule has 0 aliphatic heterocycles. The quantitative estimate of drug-likeness (QED) is 0.738. The summed E-state index contributed by atoms with van der Waals surface area (Å²) in [5.41, 5.74) is 0.799. The lowest BCUT2D eigenvalue weighted by atomic mass is 10.2. The van der Waals surface area contributed by atoms with Crippen molar-refractivity contribution < 1.29 is 13.2 Å². The third kappa shape index (κ3) is 5.17. The van der Waals surface area contributed by atoms with E-state index in [1.165, 1.54) is 18.2 Å². The van der Waals surface area contributed by atoms with Crippen molar-refractivity contribution in [3.63, 3.8) is 0 Å². The first-order valence-electron chi connectivity index (χ1n) is 6.23. The molecule has 20 heavy (non-hydrogen) atoms. The first-order chi connectivity index (χ1) is 9.34. The molecule has 0 fully saturated rings. The number of nitrogens with one attached hydrogen (secondary N) is 1. The number of primary sulfonamides is 1. The second-order valence-corrected chi connectivity index (χ2v) is 6.32. The van der Waals surface area contributed by atoms with E-state index < -0.39 is 10.0 Å². The van der Waals surface area contributed by atoms with Gasteiger partial charge >= 0.3 is 0 Å². The zero-order valence-electron chi connectivity index (χ0n) is 11.6. The van der Waals surface area contributed by atoms with Gasteiger partial charge in [-0.15, -0.1) is 0 Å². The van der Waals surface area contributed by atoms with Gasteiger partial charge in [-0.05, 0) is 24.1 Å². The van der Waals surface area contributed by atoms with Crippen LogP contribution in [0.2, 0.25) is 0 Å². The van der Waals surface area contributed by atoms with Gasteiger partial charge in [0.25, 0.3) is 0 Å². The normalized spacial score (nSPS) is 11.3. The van der Waals surface area contributed by atoms with E-state index in [9.17, 15) is 8.42 Å². The summed E-state index contributed by atoms with van der Waals surface area (Å²) in [5, 5.41) is 17.1. The van der Waals surface area contributed by atoms with Crippen LogP contribution in [0.4, 0.5) is 5.69 Å². The van der Waals surface area contributed by atoms with E-state index in [-0.39, 0.29) is 10.5 Å². The van der Waals surface area contributed by atoms with Gasteiger partial charge in [-0.2, -0.15) is 5.26 Å². The van der Waals surface area contributed by atoms with Crippen LogP contribution in [-0.2, 0) is 14.8 Å². The standard InChI is InChI=1S/C13H19N3O3S/c1-10(2)9-19-6-5-16-13-4-3-12(20(15,17)18)7-11(13)8-14/h3-4,7,10,16H,5-6,9H2,1-2H3,(H2,15,17,18). The molecule has 7 heteroatoms. The summed E-state index contributed by atoms with van der Waals surface area (Å²) in [7, 11) is -3.79. The molecule has 110 valence electrons. The van der Waals surface area contributed by atoms with Crippen molar-refractivity contribution in [2.45, 2.75) is 18.7 Å². The van der Waals surface area contributed by atoms with E-state index in [1.807, 2.05) is 6.07 Å². The lowest BCUT2D eigenvalue weighted by Gasteiger charge is -2.10. The van der Waals surface area contributed by atoms with Crippen LogP contribution in [0.1, 0.15) is 19.4 Å². The van der Waals surface area contributed by atoms with Gasteiger partial charge in [0.2, 0.25) is 10.0 Å². The molecule has 1 aromatic rings. The average molecular weight is 297 g/mol. The number of nitriles is 1. The van der Waals surface area contributed by atoms with Crippen LogP contribution in [0.15, 0.2) is 23.1 Å².